The number of halogens is 2. The summed E-state index contributed by atoms with van der Waals surface area (Å²) < 4.78 is 24.9. The number of aliphatic hydroxyl groups excluding tert-OH is 1. The van der Waals surface area contributed by atoms with Crippen molar-refractivity contribution < 1.29 is 13.9 Å². The summed E-state index contributed by atoms with van der Waals surface area (Å²) in [5.41, 5.74) is 6.57. The highest BCUT2D eigenvalue weighted by molar-refractivity contribution is 5.33. The molecule has 78 valence electrons. The number of benzene rings is 1. The lowest BCUT2D eigenvalue weighted by atomic mass is 10.0. The van der Waals surface area contributed by atoms with Crippen LogP contribution < -0.4 is 5.73 Å². The second-order valence-electron chi connectivity index (χ2n) is 3.21. The molecule has 3 N–H and O–H groups in total. The number of hydrogen-bond donors (Lipinski definition) is 2. The normalized spacial score (nSPS) is 13.3. The summed E-state index contributed by atoms with van der Waals surface area (Å²) in [5.74, 6) is 0. The first-order valence-corrected chi connectivity index (χ1v) is 4.31. The SMILES string of the molecule is Cc1ccc(C(N)CO)cc1C(F)F. The predicted octanol–water partition coefficient (Wildman–Crippen LogP) is 1.92. The van der Waals surface area contributed by atoms with Gasteiger partial charge in [0, 0.05) is 5.56 Å². The van der Waals surface area contributed by atoms with Crippen molar-refractivity contribution in [2.24, 2.45) is 5.73 Å². The van der Waals surface area contributed by atoms with Crippen LogP contribution in [0.25, 0.3) is 0 Å². The molecule has 1 rings (SSSR count). The van der Waals surface area contributed by atoms with Crippen molar-refractivity contribution in [1.29, 1.82) is 0 Å². The van der Waals surface area contributed by atoms with E-state index < -0.39 is 12.5 Å². The average Bonchev–Trinajstić information content (AvgIpc) is 2.17. The molecule has 0 bridgehead atoms. The fourth-order valence-corrected chi connectivity index (χ4v) is 1.23. The molecule has 0 saturated carbocycles. The van der Waals surface area contributed by atoms with Crippen molar-refractivity contribution in [2.75, 3.05) is 6.61 Å². The van der Waals surface area contributed by atoms with Gasteiger partial charge in [-0.1, -0.05) is 12.1 Å². The van der Waals surface area contributed by atoms with Gasteiger partial charge in [0.25, 0.3) is 6.43 Å². The van der Waals surface area contributed by atoms with E-state index >= 15 is 0 Å². The van der Waals surface area contributed by atoms with Gasteiger partial charge in [0.2, 0.25) is 0 Å². The van der Waals surface area contributed by atoms with Crippen LogP contribution in [-0.2, 0) is 0 Å². The molecular weight excluding hydrogens is 188 g/mol. The molecule has 0 heterocycles. The Balaban J connectivity index is 3.06. The summed E-state index contributed by atoms with van der Waals surface area (Å²) >= 11 is 0. The highest BCUT2D eigenvalue weighted by Gasteiger charge is 2.13. The third-order valence-corrected chi connectivity index (χ3v) is 2.16. The van der Waals surface area contributed by atoms with Gasteiger partial charge in [0.15, 0.2) is 0 Å². The van der Waals surface area contributed by atoms with Crippen molar-refractivity contribution in [3.63, 3.8) is 0 Å². The Bertz CT molecular complexity index is 315. The van der Waals surface area contributed by atoms with E-state index in [-0.39, 0.29) is 12.2 Å². The van der Waals surface area contributed by atoms with Gasteiger partial charge in [0.05, 0.1) is 12.6 Å². The lowest BCUT2D eigenvalue weighted by Gasteiger charge is -2.12. The fraction of sp³-hybridized carbons (Fsp3) is 0.400. The highest BCUT2D eigenvalue weighted by atomic mass is 19.3. The second-order valence-corrected chi connectivity index (χ2v) is 3.21. The minimum absolute atomic E-state index is 0.0219. The van der Waals surface area contributed by atoms with Gasteiger partial charge in [-0.05, 0) is 24.1 Å². The van der Waals surface area contributed by atoms with Crippen LogP contribution in [0.3, 0.4) is 0 Å². The first-order valence-electron chi connectivity index (χ1n) is 4.31. The molecule has 0 amide bonds. The number of rotatable bonds is 3. The van der Waals surface area contributed by atoms with E-state index in [1.54, 1.807) is 19.1 Å². The van der Waals surface area contributed by atoms with Crippen LogP contribution >= 0.6 is 0 Å². The van der Waals surface area contributed by atoms with Gasteiger partial charge >= 0.3 is 0 Å². The van der Waals surface area contributed by atoms with Gasteiger partial charge < -0.3 is 10.8 Å². The van der Waals surface area contributed by atoms with E-state index in [4.69, 9.17) is 10.8 Å². The molecule has 1 aromatic carbocycles. The van der Waals surface area contributed by atoms with Crippen molar-refractivity contribution in [3.8, 4) is 0 Å². The maximum absolute atomic E-state index is 12.5. The van der Waals surface area contributed by atoms with E-state index in [1.165, 1.54) is 6.07 Å². The Labute approximate surface area is 81.4 Å². The highest BCUT2D eigenvalue weighted by Crippen LogP contribution is 2.25. The van der Waals surface area contributed by atoms with E-state index in [2.05, 4.69) is 0 Å². The molecule has 0 aliphatic carbocycles. The standard InChI is InChI=1S/C10H13F2NO/c1-6-2-3-7(9(13)5-14)4-8(6)10(11)12/h2-4,9-10,14H,5,13H2,1H3. The Morgan fingerprint density at radius 2 is 2.07 bits per heavy atom. The quantitative estimate of drug-likeness (QED) is 0.784. The molecule has 0 aliphatic rings. The van der Waals surface area contributed by atoms with Crippen LogP contribution in [0.5, 0.6) is 0 Å². The zero-order valence-electron chi connectivity index (χ0n) is 7.87. The van der Waals surface area contributed by atoms with Crippen molar-refractivity contribution in [3.05, 3.63) is 34.9 Å². The topological polar surface area (TPSA) is 46.2 Å². The van der Waals surface area contributed by atoms with Gasteiger partial charge in [-0.15, -0.1) is 0 Å². The van der Waals surface area contributed by atoms with Crippen molar-refractivity contribution in [2.45, 2.75) is 19.4 Å². The molecule has 4 heteroatoms. The van der Waals surface area contributed by atoms with E-state index in [9.17, 15) is 8.78 Å². The van der Waals surface area contributed by atoms with Gasteiger partial charge in [-0.2, -0.15) is 0 Å². The zero-order chi connectivity index (χ0) is 10.7. The maximum atomic E-state index is 12.5. The van der Waals surface area contributed by atoms with Crippen LogP contribution in [0.4, 0.5) is 8.78 Å². The van der Waals surface area contributed by atoms with E-state index in [0.717, 1.165) is 0 Å². The fourth-order valence-electron chi connectivity index (χ4n) is 1.23. The average molecular weight is 201 g/mol. The van der Waals surface area contributed by atoms with Crippen LogP contribution in [-0.4, -0.2) is 11.7 Å². The maximum Gasteiger partial charge on any atom is 0.264 e. The number of aliphatic hydroxyl groups is 1. The number of nitrogens with two attached hydrogens (primary N) is 1. The zero-order valence-corrected chi connectivity index (χ0v) is 7.87. The molecule has 0 radical (unpaired) electrons. The minimum atomic E-state index is -2.50. The summed E-state index contributed by atoms with van der Waals surface area (Å²) in [5, 5.41) is 8.77. The molecule has 1 aromatic rings. The molecule has 2 nitrogen and oxygen atoms in total. The van der Waals surface area contributed by atoms with Gasteiger partial charge in [-0.3, -0.25) is 0 Å². The lowest BCUT2D eigenvalue weighted by Crippen LogP contribution is -2.14. The molecule has 0 saturated heterocycles. The summed E-state index contributed by atoms with van der Waals surface area (Å²) in [7, 11) is 0. The Morgan fingerprint density at radius 1 is 1.43 bits per heavy atom. The molecule has 1 atom stereocenters. The first kappa shape index (κ1) is 11.1. The molecule has 0 fully saturated rings. The Morgan fingerprint density at radius 3 is 2.57 bits per heavy atom. The number of alkyl halides is 2. The molecule has 0 aliphatic heterocycles. The molecule has 0 aromatic heterocycles. The van der Waals surface area contributed by atoms with Crippen LogP contribution in [0, 0.1) is 6.92 Å². The largest absolute Gasteiger partial charge is 0.394 e. The summed E-state index contributed by atoms with van der Waals surface area (Å²) in [4.78, 5) is 0. The Hall–Kier alpha value is -1.00. The third-order valence-electron chi connectivity index (χ3n) is 2.16. The van der Waals surface area contributed by atoms with Crippen LogP contribution in [0.2, 0.25) is 0 Å². The molecule has 0 spiro atoms. The summed E-state index contributed by atoms with van der Waals surface area (Å²) in [6.45, 7) is 1.38. The first-order chi connectivity index (χ1) is 6.56. The summed E-state index contributed by atoms with van der Waals surface area (Å²) in [6, 6.07) is 4.00. The summed E-state index contributed by atoms with van der Waals surface area (Å²) in [6.07, 6.45) is -2.50. The lowest BCUT2D eigenvalue weighted by molar-refractivity contribution is 0.150. The third kappa shape index (κ3) is 2.27. The van der Waals surface area contributed by atoms with Crippen molar-refractivity contribution >= 4 is 0 Å². The van der Waals surface area contributed by atoms with Crippen LogP contribution in [0.1, 0.15) is 29.2 Å². The van der Waals surface area contributed by atoms with E-state index in [0.29, 0.717) is 11.1 Å². The van der Waals surface area contributed by atoms with E-state index in [1.807, 2.05) is 0 Å². The Kier molecular flexibility index (Phi) is 3.55. The number of hydrogen-bond acceptors (Lipinski definition) is 2. The number of aryl methyl sites for hydroxylation is 1. The second kappa shape index (κ2) is 4.48. The van der Waals surface area contributed by atoms with Crippen LogP contribution in [0.15, 0.2) is 18.2 Å². The van der Waals surface area contributed by atoms with Crippen molar-refractivity contribution in [1.82, 2.24) is 0 Å². The molecular formula is C10H13F2NO. The monoisotopic (exact) mass is 201 g/mol. The molecule has 1 unspecified atom stereocenters. The molecule has 14 heavy (non-hydrogen) atoms. The van der Waals surface area contributed by atoms with Gasteiger partial charge in [-0.25, -0.2) is 8.78 Å². The smallest absolute Gasteiger partial charge is 0.264 e. The predicted molar refractivity (Wildman–Crippen MR) is 50.2 cm³/mol. The van der Waals surface area contributed by atoms with Gasteiger partial charge in [0.1, 0.15) is 0 Å². The minimum Gasteiger partial charge on any atom is -0.394 e.